The summed E-state index contributed by atoms with van der Waals surface area (Å²) in [5.41, 5.74) is 1.83. The average Bonchev–Trinajstić information content (AvgIpc) is 3.01. The number of ether oxygens (including phenoxy) is 2. The zero-order valence-electron chi connectivity index (χ0n) is 13.8. The first-order chi connectivity index (χ1) is 12.1. The highest BCUT2D eigenvalue weighted by molar-refractivity contribution is 5.89. The second-order valence-corrected chi connectivity index (χ2v) is 5.36. The van der Waals surface area contributed by atoms with Crippen LogP contribution in [0.5, 0.6) is 5.75 Å². The highest BCUT2D eigenvalue weighted by atomic mass is 19.1. The first-order valence-electron chi connectivity index (χ1n) is 7.53. The number of halogens is 1. The lowest BCUT2D eigenvalue weighted by molar-refractivity contribution is 0.0601. The van der Waals surface area contributed by atoms with Gasteiger partial charge in [0.1, 0.15) is 12.4 Å². The van der Waals surface area contributed by atoms with E-state index in [1.165, 1.54) is 19.4 Å². The lowest BCUT2D eigenvalue weighted by Gasteiger charge is -2.12. The van der Waals surface area contributed by atoms with Gasteiger partial charge >= 0.3 is 5.97 Å². The van der Waals surface area contributed by atoms with Crippen LogP contribution in [0.2, 0.25) is 0 Å². The van der Waals surface area contributed by atoms with Crippen molar-refractivity contribution in [3.8, 4) is 11.6 Å². The molecule has 0 N–H and O–H groups in total. The van der Waals surface area contributed by atoms with Crippen LogP contribution in [0.1, 0.15) is 21.6 Å². The van der Waals surface area contributed by atoms with E-state index in [0.29, 0.717) is 22.7 Å². The van der Waals surface area contributed by atoms with Gasteiger partial charge in [0.25, 0.3) is 0 Å². The molecule has 0 bridgehead atoms. The van der Waals surface area contributed by atoms with E-state index in [0.717, 1.165) is 11.9 Å². The Morgan fingerprint density at radius 3 is 2.92 bits per heavy atom. The Kier molecular flexibility index (Phi) is 4.74. The van der Waals surface area contributed by atoms with Crippen molar-refractivity contribution < 1.29 is 18.7 Å². The van der Waals surface area contributed by atoms with E-state index in [4.69, 9.17) is 9.47 Å². The summed E-state index contributed by atoms with van der Waals surface area (Å²) in [6.07, 6.45) is 5.94. The van der Waals surface area contributed by atoms with Gasteiger partial charge in [-0.3, -0.25) is 4.98 Å². The van der Waals surface area contributed by atoms with Gasteiger partial charge in [-0.25, -0.2) is 14.2 Å². The van der Waals surface area contributed by atoms with E-state index >= 15 is 0 Å². The minimum atomic E-state index is -0.425. The number of aromatic nitrogens is 3. The molecule has 0 fully saturated rings. The molecule has 128 valence electrons. The van der Waals surface area contributed by atoms with Crippen molar-refractivity contribution in [1.29, 1.82) is 0 Å². The number of hydrogen-bond acceptors (Lipinski definition) is 5. The van der Waals surface area contributed by atoms with E-state index in [2.05, 4.69) is 9.97 Å². The minimum absolute atomic E-state index is 0.146. The first kappa shape index (κ1) is 16.6. The van der Waals surface area contributed by atoms with Gasteiger partial charge in [0.15, 0.2) is 11.6 Å². The van der Waals surface area contributed by atoms with E-state index in [-0.39, 0.29) is 6.61 Å². The lowest BCUT2D eigenvalue weighted by Crippen LogP contribution is -2.04. The van der Waals surface area contributed by atoms with Crippen LogP contribution in [-0.4, -0.2) is 27.6 Å². The summed E-state index contributed by atoms with van der Waals surface area (Å²) in [7, 11) is 1.33. The van der Waals surface area contributed by atoms with Crippen molar-refractivity contribution in [3.05, 3.63) is 71.7 Å². The smallest absolute Gasteiger partial charge is 0.339 e. The van der Waals surface area contributed by atoms with Crippen molar-refractivity contribution in [1.82, 2.24) is 14.5 Å². The summed E-state index contributed by atoms with van der Waals surface area (Å²) in [6.45, 7) is 2.00. The Bertz CT molecular complexity index is 908. The number of hydrogen-bond donors (Lipinski definition) is 0. The van der Waals surface area contributed by atoms with Gasteiger partial charge in [0.2, 0.25) is 0 Å². The maximum Gasteiger partial charge on any atom is 0.339 e. The van der Waals surface area contributed by atoms with Crippen LogP contribution < -0.4 is 4.74 Å². The highest BCUT2D eigenvalue weighted by Gasteiger charge is 2.15. The Balaban J connectivity index is 1.89. The maximum absolute atomic E-state index is 13.2. The highest BCUT2D eigenvalue weighted by Crippen LogP contribution is 2.24. The number of carbonyl (C=O) groups is 1. The SMILES string of the molecule is COC(=O)c1cc(C)n(-c2ncccc2OCc2cncc(F)c2)c1. The fourth-order valence-electron chi connectivity index (χ4n) is 2.40. The molecule has 0 aromatic carbocycles. The molecule has 0 aliphatic carbocycles. The normalized spacial score (nSPS) is 10.5. The van der Waals surface area contributed by atoms with Gasteiger partial charge in [0.05, 0.1) is 18.9 Å². The van der Waals surface area contributed by atoms with Crippen LogP contribution in [0.15, 0.2) is 49.1 Å². The van der Waals surface area contributed by atoms with Crippen LogP contribution in [0.3, 0.4) is 0 Å². The molecule has 0 atom stereocenters. The predicted octanol–water partition coefficient (Wildman–Crippen LogP) is 3.08. The fraction of sp³-hybridized carbons (Fsp3) is 0.167. The van der Waals surface area contributed by atoms with Gasteiger partial charge < -0.3 is 14.0 Å². The molecule has 0 aliphatic heterocycles. The summed E-state index contributed by atoms with van der Waals surface area (Å²) >= 11 is 0. The number of aryl methyl sites for hydroxylation is 1. The molecule has 3 aromatic heterocycles. The molecule has 0 amide bonds. The number of carbonyl (C=O) groups excluding carboxylic acids is 1. The van der Waals surface area contributed by atoms with Gasteiger partial charge in [-0.1, -0.05) is 0 Å². The Morgan fingerprint density at radius 1 is 1.32 bits per heavy atom. The standard InChI is InChI=1S/C18H16FN3O3/c1-12-6-14(18(23)24-2)10-22(12)17-16(4-3-5-21-17)25-11-13-7-15(19)9-20-8-13/h3-10H,11H2,1-2H3. The van der Waals surface area contributed by atoms with E-state index in [9.17, 15) is 9.18 Å². The molecule has 25 heavy (non-hydrogen) atoms. The van der Waals surface area contributed by atoms with Crippen LogP contribution in [0.4, 0.5) is 4.39 Å². The van der Waals surface area contributed by atoms with Crippen molar-refractivity contribution in [2.75, 3.05) is 7.11 Å². The second kappa shape index (κ2) is 7.12. The molecular formula is C18H16FN3O3. The molecule has 3 aromatic rings. The molecule has 0 unspecified atom stereocenters. The largest absolute Gasteiger partial charge is 0.485 e. The summed E-state index contributed by atoms with van der Waals surface area (Å²) in [5.74, 6) is 0.184. The Morgan fingerprint density at radius 2 is 2.16 bits per heavy atom. The summed E-state index contributed by atoms with van der Waals surface area (Å²) in [5, 5.41) is 0. The molecule has 0 spiro atoms. The molecule has 0 radical (unpaired) electrons. The van der Waals surface area contributed by atoms with Crippen LogP contribution in [-0.2, 0) is 11.3 Å². The average molecular weight is 341 g/mol. The summed E-state index contributed by atoms with van der Waals surface area (Å²) in [4.78, 5) is 19.8. The van der Waals surface area contributed by atoms with E-state index < -0.39 is 11.8 Å². The summed E-state index contributed by atoms with van der Waals surface area (Å²) in [6, 6.07) is 6.56. The van der Waals surface area contributed by atoms with Crippen molar-refractivity contribution in [3.63, 3.8) is 0 Å². The summed E-state index contributed by atoms with van der Waals surface area (Å²) < 4.78 is 25.5. The fourth-order valence-corrected chi connectivity index (χ4v) is 2.40. The van der Waals surface area contributed by atoms with Crippen LogP contribution in [0, 0.1) is 12.7 Å². The third kappa shape index (κ3) is 3.65. The van der Waals surface area contributed by atoms with Crippen molar-refractivity contribution in [2.24, 2.45) is 0 Å². The van der Waals surface area contributed by atoms with Gasteiger partial charge in [0, 0.05) is 29.8 Å². The van der Waals surface area contributed by atoms with Crippen LogP contribution >= 0.6 is 0 Å². The number of rotatable bonds is 5. The molecule has 0 aliphatic rings. The third-order valence-electron chi connectivity index (χ3n) is 3.57. The topological polar surface area (TPSA) is 66.2 Å². The van der Waals surface area contributed by atoms with Crippen molar-refractivity contribution >= 4 is 5.97 Å². The van der Waals surface area contributed by atoms with Gasteiger partial charge in [-0.05, 0) is 31.2 Å². The number of methoxy groups -OCH3 is 1. The molecular weight excluding hydrogens is 325 g/mol. The molecule has 0 saturated carbocycles. The van der Waals surface area contributed by atoms with Crippen molar-refractivity contribution in [2.45, 2.75) is 13.5 Å². The van der Waals surface area contributed by atoms with Gasteiger partial charge in [-0.15, -0.1) is 0 Å². The Hall–Kier alpha value is -3.22. The molecule has 6 nitrogen and oxygen atoms in total. The third-order valence-corrected chi connectivity index (χ3v) is 3.57. The number of esters is 1. The first-order valence-corrected chi connectivity index (χ1v) is 7.53. The second-order valence-electron chi connectivity index (χ2n) is 5.36. The zero-order valence-corrected chi connectivity index (χ0v) is 13.8. The molecule has 0 saturated heterocycles. The quantitative estimate of drug-likeness (QED) is 0.667. The molecule has 3 rings (SSSR count). The zero-order chi connectivity index (χ0) is 17.8. The predicted molar refractivity (Wildman–Crippen MR) is 88.2 cm³/mol. The molecule has 7 heteroatoms. The minimum Gasteiger partial charge on any atom is -0.485 e. The lowest BCUT2D eigenvalue weighted by atomic mass is 10.3. The number of pyridine rings is 2. The Labute approximate surface area is 143 Å². The van der Waals surface area contributed by atoms with E-state index in [1.54, 1.807) is 35.2 Å². The van der Waals surface area contributed by atoms with Crippen LogP contribution in [0.25, 0.3) is 5.82 Å². The molecule has 3 heterocycles. The maximum atomic E-state index is 13.2. The number of nitrogens with zero attached hydrogens (tertiary/aromatic N) is 3. The van der Waals surface area contributed by atoms with Gasteiger partial charge in [-0.2, -0.15) is 0 Å². The monoisotopic (exact) mass is 341 g/mol. The van der Waals surface area contributed by atoms with E-state index in [1.807, 2.05) is 6.92 Å².